The van der Waals surface area contributed by atoms with E-state index >= 15 is 0 Å². The first kappa shape index (κ1) is 17.1. The zero-order valence-corrected chi connectivity index (χ0v) is 15.1. The minimum absolute atomic E-state index is 0. The second-order valence-corrected chi connectivity index (χ2v) is 7.23. The molecule has 6 heteroatoms. The number of benzene rings is 1. The van der Waals surface area contributed by atoms with E-state index in [2.05, 4.69) is 52.8 Å². The summed E-state index contributed by atoms with van der Waals surface area (Å²) in [4.78, 5) is 5.63. The third kappa shape index (κ3) is 2.99. The molecule has 1 aliphatic carbocycles. The van der Waals surface area contributed by atoms with Gasteiger partial charge in [0.05, 0.1) is 5.54 Å². The Bertz CT molecular complexity index is 819. The van der Waals surface area contributed by atoms with Gasteiger partial charge in [-0.15, -0.1) is 23.7 Å². The fraction of sp³-hybridized carbons (Fsp3) is 0.333. The Balaban J connectivity index is 0.00000169. The van der Waals surface area contributed by atoms with Gasteiger partial charge in [-0.3, -0.25) is 0 Å². The van der Waals surface area contributed by atoms with Crippen LogP contribution in [0.3, 0.4) is 0 Å². The van der Waals surface area contributed by atoms with E-state index < -0.39 is 5.54 Å². The van der Waals surface area contributed by atoms with Crippen molar-refractivity contribution in [1.29, 1.82) is 0 Å². The lowest BCUT2D eigenvalue weighted by atomic mass is 9.99. The Labute approximate surface area is 151 Å². The molecule has 0 aliphatic heterocycles. The maximum absolute atomic E-state index is 6.43. The average molecular weight is 362 g/mol. The molecule has 0 radical (unpaired) electrons. The van der Waals surface area contributed by atoms with Crippen molar-refractivity contribution in [1.82, 2.24) is 10.1 Å². The molecule has 0 atom stereocenters. The molecule has 0 unspecified atom stereocenters. The molecule has 0 spiro atoms. The number of rotatable bonds is 3. The topological polar surface area (TPSA) is 64.9 Å². The van der Waals surface area contributed by atoms with Gasteiger partial charge >= 0.3 is 0 Å². The second-order valence-electron chi connectivity index (χ2n) is 6.32. The molecular formula is C18H20ClN3OS. The molecule has 0 bridgehead atoms. The van der Waals surface area contributed by atoms with Crippen LogP contribution in [0, 0.1) is 6.92 Å². The van der Waals surface area contributed by atoms with Crippen LogP contribution >= 0.6 is 23.7 Å². The van der Waals surface area contributed by atoms with Crippen LogP contribution in [0.1, 0.15) is 37.1 Å². The Kier molecular flexibility index (Phi) is 4.76. The molecule has 2 N–H and O–H groups in total. The van der Waals surface area contributed by atoms with Gasteiger partial charge in [-0.05, 0) is 36.8 Å². The highest BCUT2D eigenvalue weighted by Gasteiger charge is 2.36. The van der Waals surface area contributed by atoms with Gasteiger partial charge in [0.25, 0.3) is 5.89 Å². The monoisotopic (exact) mass is 361 g/mol. The summed E-state index contributed by atoms with van der Waals surface area (Å²) in [5.74, 6) is 1.22. The number of nitrogens with two attached hydrogens (primary N) is 1. The second kappa shape index (κ2) is 6.67. The van der Waals surface area contributed by atoms with Crippen LogP contribution in [0.15, 0.2) is 40.2 Å². The molecule has 1 saturated carbocycles. The largest absolute Gasteiger partial charge is 0.333 e. The van der Waals surface area contributed by atoms with Crippen LogP contribution in [0.2, 0.25) is 0 Å². The number of thiophene rings is 1. The summed E-state index contributed by atoms with van der Waals surface area (Å²) in [6.45, 7) is 2.09. The molecule has 4 rings (SSSR count). The number of aryl methyl sites for hydroxylation is 1. The molecule has 24 heavy (non-hydrogen) atoms. The van der Waals surface area contributed by atoms with Gasteiger partial charge in [0.2, 0.25) is 0 Å². The Morgan fingerprint density at radius 3 is 2.54 bits per heavy atom. The van der Waals surface area contributed by atoms with Crippen molar-refractivity contribution in [3.05, 3.63) is 47.1 Å². The van der Waals surface area contributed by atoms with E-state index in [0.717, 1.165) is 41.7 Å². The lowest BCUT2D eigenvalue weighted by Crippen LogP contribution is -2.34. The van der Waals surface area contributed by atoms with Crippen molar-refractivity contribution in [2.24, 2.45) is 5.73 Å². The van der Waals surface area contributed by atoms with Crippen LogP contribution in [0.5, 0.6) is 0 Å². The smallest absolute Gasteiger partial charge is 0.268 e. The molecule has 1 fully saturated rings. The molecule has 1 aromatic carbocycles. The summed E-state index contributed by atoms with van der Waals surface area (Å²) in [6, 6.07) is 10.6. The van der Waals surface area contributed by atoms with Crippen molar-refractivity contribution in [3.63, 3.8) is 0 Å². The minimum Gasteiger partial charge on any atom is -0.333 e. The number of aromatic nitrogens is 2. The maximum atomic E-state index is 6.43. The van der Waals surface area contributed by atoms with Gasteiger partial charge in [-0.25, -0.2) is 0 Å². The van der Waals surface area contributed by atoms with Crippen molar-refractivity contribution in [2.45, 2.75) is 38.1 Å². The number of nitrogens with zero attached hydrogens (tertiary/aromatic N) is 2. The van der Waals surface area contributed by atoms with Crippen LogP contribution in [-0.2, 0) is 5.54 Å². The van der Waals surface area contributed by atoms with Crippen molar-refractivity contribution >= 4 is 23.7 Å². The van der Waals surface area contributed by atoms with Crippen molar-refractivity contribution in [3.8, 4) is 21.9 Å². The molecule has 2 aromatic heterocycles. The van der Waals surface area contributed by atoms with Crippen molar-refractivity contribution in [2.75, 3.05) is 0 Å². The lowest BCUT2D eigenvalue weighted by molar-refractivity contribution is 0.373. The average Bonchev–Trinajstić information content (AvgIpc) is 3.27. The highest BCUT2D eigenvalue weighted by Crippen LogP contribution is 2.39. The Hall–Kier alpha value is -1.69. The van der Waals surface area contributed by atoms with Gasteiger partial charge < -0.3 is 10.3 Å². The van der Waals surface area contributed by atoms with Crippen LogP contribution in [-0.4, -0.2) is 10.1 Å². The maximum Gasteiger partial charge on any atom is 0.268 e. The lowest BCUT2D eigenvalue weighted by Gasteiger charge is -2.17. The summed E-state index contributed by atoms with van der Waals surface area (Å²) in [5, 5.41) is 6.23. The van der Waals surface area contributed by atoms with Gasteiger partial charge in [-0.2, -0.15) is 4.98 Å². The van der Waals surface area contributed by atoms with E-state index in [-0.39, 0.29) is 12.4 Å². The fourth-order valence-corrected chi connectivity index (χ4v) is 4.02. The fourth-order valence-electron chi connectivity index (χ4n) is 3.18. The van der Waals surface area contributed by atoms with E-state index in [0.29, 0.717) is 11.7 Å². The van der Waals surface area contributed by atoms with Gasteiger partial charge in [-0.1, -0.05) is 47.8 Å². The number of hydrogen-bond acceptors (Lipinski definition) is 5. The highest BCUT2D eigenvalue weighted by atomic mass is 35.5. The van der Waals surface area contributed by atoms with Gasteiger partial charge in [0, 0.05) is 5.56 Å². The molecule has 126 valence electrons. The molecule has 1 aliphatic rings. The Morgan fingerprint density at radius 1 is 1.12 bits per heavy atom. The molecule has 4 nitrogen and oxygen atoms in total. The van der Waals surface area contributed by atoms with E-state index in [4.69, 9.17) is 10.3 Å². The predicted octanol–water partition coefficient (Wildman–Crippen LogP) is 4.92. The third-order valence-electron chi connectivity index (χ3n) is 4.59. The van der Waals surface area contributed by atoms with Gasteiger partial charge in [0.15, 0.2) is 5.82 Å². The van der Waals surface area contributed by atoms with Crippen LogP contribution in [0.25, 0.3) is 21.9 Å². The van der Waals surface area contributed by atoms with Gasteiger partial charge in [0.1, 0.15) is 4.88 Å². The normalized spacial score (nSPS) is 16.1. The van der Waals surface area contributed by atoms with Crippen LogP contribution < -0.4 is 5.73 Å². The minimum atomic E-state index is -0.414. The first-order chi connectivity index (χ1) is 11.2. The standard InChI is InChI=1S/C18H19N3OS.ClH/c1-12-4-6-13(7-5-12)14-8-11-23-15(14)16-20-17(21-22-16)18(19)9-2-3-10-18;/h4-8,11H,2-3,9-10,19H2,1H3;1H. The molecule has 0 saturated heterocycles. The summed E-state index contributed by atoms with van der Waals surface area (Å²) >= 11 is 1.62. The Morgan fingerprint density at radius 2 is 1.83 bits per heavy atom. The first-order valence-electron chi connectivity index (χ1n) is 7.94. The molecule has 0 amide bonds. The SMILES string of the molecule is Cc1ccc(-c2ccsc2-c2nc(C3(N)CCCC3)no2)cc1.Cl. The number of hydrogen-bond donors (Lipinski definition) is 1. The number of halogens is 1. The van der Waals surface area contributed by atoms with Crippen LogP contribution in [0.4, 0.5) is 0 Å². The molecule has 3 aromatic rings. The summed E-state index contributed by atoms with van der Waals surface area (Å²) in [5.41, 5.74) is 9.55. The van der Waals surface area contributed by atoms with E-state index in [9.17, 15) is 0 Å². The quantitative estimate of drug-likeness (QED) is 0.718. The summed E-state index contributed by atoms with van der Waals surface area (Å²) < 4.78 is 5.54. The zero-order chi connectivity index (χ0) is 15.9. The third-order valence-corrected chi connectivity index (χ3v) is 5.49. The molecular weight excluding hydrogens is 342 g/mol. The first-order valence-corrected chi connectivity index (χ1v) is 8.82. The van der Waals surface area contributed by atoms with E-state index in [1.807, 2.05) is 0 Å². The summed E-state index contributed by atoms with van der Waals surface area (Å²) in [7, 11) is 0. The van der Waals surface area contributed by atoms with E-state index in [1.165, 1.54) is 5.56 Å². The van der Waals surface area contributed by atoms with E-state index in [1.54, 1.807) is 11.3 Å². The molecule has 2 heterocycles. The van der Waals surface area contributed by atoms with Crippen molar-refractivity contribution < 1.29 is 4.52 Å². The highest BCUT2D eigenvalue weighted by molar-refractivity contribution is 7.14. The summed E-state index contributed by atoms with van der Waals surface area (Å²) in [6.07, 6.45) is 4.13. The zero-order valence-electron chi connectivity index (χ0n) is 13.5. The predicted molar refractivity (Wildman–Crippen MR) is 99.4 cm³/mol.